The van der Waals surface area contributed by atoms with Gasteiger partial charge in [0.2, 0.25) is 0 Å². The molecule has 0 saturated carbocycles. The number of benzene rings is 2. The lowest BCUT2D eigenvalue weighted by molar-refractivity contribution is -0.118. The maximum absolute atomic E-state index is 12.1. The van der Waals surface area contributed by atoms with Gasteiger partial charge < -0.3 is 14.8 Å². The second kappa shape index (κ2) is 7.17. The van der Waals surface area contributed by atoms with Gasteiger partial charge >= 0.3 is 5.97 Å². The summed E-state index contributed by atoms with van der Waals surface area (Å²) in [6, 6.07) is 12.6. The van der Waals surface area contributed by atoms with Gasteiger partial charge in [0.15, 0.2) is 6.61 Å². The summed E-state index contributed by atoms with van der Waals surface area (Å²) in [6.07, 6.45) is 3.34. The second-order valence-corrected chi connectivity index (χ2v) is 5.66. The van der Waals surface area contributed by atoms with Crippen LogP contribution in [-0.4, -0.2) is 25.6 Å². The molecule has 0 aromatic heterocycles. The maximum Gasteiger partial charge on any atom is 0.339 e. The van der Waals surface area contributed by atoms with Crippen molar-refractivity contribution in [2.45, 2.75) is 19.3 Å². The van der Waals surface area contributed by atoms with Crippen molar-refractivity contribution in [3.8, 4) is 5.75 Å². The van der Waals surface area contributed by atoms with Gasteiger partial charge in [-0.2, -0.15) is 0 Å². The number of rotatable bonds is 5. The van der Waals surface area contributed by atoms with Crippen LogP contribution in [0.1, 0.15) is 27.9 Å². The quantitative estimate of drug-likeness (QED) is 0.858. The van der Waals surface area contributed by atoms with Crippen molar-refractivity contribution < 1.29 is 19.1 Å². The minimum atomic E-state index is -0.495. The van der Waals surface area contributed by atoms with Gasteiger partial charge in [0.05, 0.1) is 18.4 Å². The molecule has 0 unspecified atom stereocenters. The lowest BCUT2D eigenvalue weighted by atomic mass is 10.1. The van der Waals surface area contributed by atoms with Crippen molar-refractivity contribution in [2.75, 3.05) is 19.0 Å². The number of methoxy groups -OCH3 is 1. The molecular weight excluding hydrogens is 306 g/mol. The molecule has 0 aliphatic heterocycles. The highest BCUT2D eigenvalue weighted by Gasteiger charge is 2.14. The number of anilines is 1. The van der Waals surface area contributed by atoms with Crippen molar-refractivity contribution in [3.05, 3.63) is 59.2 Å². The summed E-state index contributed by atoms with van der Waals surface area (Å²) in [5, 5.41) is 2.68. The van der Waals surface area contributed by atoms with E-state index in [0.29, 0.717) is 17.0 Å². The molecular formula is C19H19NO4. The van der Waals surface area contributed by atoms with E-state index in [4.69, 9.17) is 9.47 Å². The highest BCUT2D eigenvalue weighted by Crippen LogP contribution is 2.26. The number of aryl methyl sites for hydroxylation is 2. The Labute approximate surface area is 140 Å². The van der Waals surface area contributed by atoms with E-state index >= 15 is 0 Å². The molecule has 2 aromatic carbocycles. The minimum absolute atomic E-state index is 0.117. The average molecular weight is 325 g/mol. The Hall–Kier alpha value is -2.82. The zero-order valence-corrected chi connectivity index (χ0v) is 13.5. The molecule has 0 heterocycles. The first-order valence-electron chi connectivity index (χ1n) is 7.89. The van der Waals surface area contributed by atoms with Gasteiger partial charge in [-0.25, -0.2) is 4.79 Å². The third-order valence-corrected chi connectivity index (χ3v) is 4.05. The topological polar surface area (TPSA) is 64.6 Å². The van der Waals surface area contributed by atoms with Crippen LogP contribution in [0.4, 0.5) is 5.69 Å². The molecule has 1 aliphatic rings. The monoisotopic (exact) mass is 325 g/mol. The molecule has 0 bridgehead atoms. The molecule has 5 nitrogen and oxygen atoms in total. The minimum Gasteiger partial charge on any atom is -0.484 e. The van der Waals surface area contributed by atoms with Crippen molar-refractivity contribution in [3.63, 3.8) is 0 Å². The average Bonchev–Trinajstić information content (AvgIpc) is 3.07. The normalized spacial score (nSPS) is 12.4. The third-order valence-electron chi connectivity index (χ3n) is 4.05. The molecule has 5 heteroatoms. The fraction of sp³-hybridized carbons (Fsp3) is 0.263. The molecule has 1 N–H and O–H groups in total. The number of hydrogen-bond donors (Lipinski definition) is 1. The summed E-state index contributed by atoms with van der Waals surface area (Å²) in [7, 11) is 1.30. The van der Waals surface area contributed by atoms with E-state index in [9.17, 15) is 9.59 Å². The van der Waals surface area contributed by atoms with E-state index in [2.05, 4.69) is 11.4 Å². The Morgan fingerprint density at radius 1 is 1.08 bits per heavy atom. The second-order valence-electron chi connectivity index (χ2n) is 5.66. The van der Waals surface area contributed by atoms with Gasteiger partial charge in [-0.1, -0.05) is 18.2 Å². The highest BCUT2D eigenvalue weighted by atomic mass is 16.5. The molecule has 0 fully saturated rings. The number of nitrogens with one attached hydrogen (secondary N) is 1. The molecule has 0 saturated heterocycles. The number of para-hydroxylation sites is 1. The summed E-state index contributed by atoms with van der Waals surface area (Å²) >= 11 is 0. The van der Waals surface area contributed by atoms with Gasteiger partial charge in [-0.15, -0.1) is 0 Å². The van der Waals surface area contributed by atoms with Crippen LogP contribution >= 0.6 is 0 Å². The third kappa shape index (κ3) is 3.56. The van der Waals surface area contributed by atoms with Gasteiger partial charge in [0, 0.05) is 0 Å². The van der Waals surface area contributed by atoms with Gasteiger partial charge in [-0.05, 0) is 54.7 Å². The Morgan fingerprint density at radius 2 is 1.88 bits per heavy atom. The SMILES string of the molecule is COC(=O)c1ccccc1NC(=O)COc1ccc2c(c1)CCC2. The molecule has 1 amide bonds. The van der Waals surface area contributed by atoms with Crippen LogP contribution in [-0.2, 0) is 22.4 Å². The molecule has 0 spiro atoms. The molecule has 0 atom stereocenters. The summed E-state index contributed by atoms with van der Waals surface area (Å²) in [6.45, 7) is -0.117. The maximum atomic E-state index is 12.1. The lowest BCUT2D eigenvalue weighted by Crippen LogP contribution is -2.21. The molecule has 0 radical (unpaired) electrons. The Bertz CT molecular complexity index is 770. The van der Waals surface area contributed by atoms with Crippen LogP contribution in [0.25, 0.3) is 0 Å². The first-order valence-corrected chi connectivity index (χ1v) is 7.89. The van der Waals surface area contributed by atoms with Gasteiger partial charge in [0.25, 0.3) is 5.91 Å². The number of ether oxygens (including phenoxy) is 2. The van der Waals surface area contributed by atoms with Crippen LogP contribution in [0.3, 0.4) is 0 Å². The Balaban J connectivity index is 1.61. The fourth-order valence-corrected chi connectivity index (χ4v) is 2.85. The van der Waals surface area contributed by atoms with Gasteiger partial charge in [-0.3, -0.25) is 4.79 Å². The number of carbonyl (C=O) groups excluding carboxylic acids is 2. The fourth-order valence-electron chi connectivity index (χ4n) is 2.85. The smallest absolute Gasteiger partial charge is 0.339 e. The number of carbonyl (C=O) groups is 2. The first kappa shape index (κ1) is 16.1. The van der Waals surface area contributed by atoms with Crippen LogP contribution in [0.15, 0.2) is 42.5 Å². The zero-order chi connectivity index (χ0) is 16.9. The Morgan fingerprint density at radius 3 is 2.71 bits per heavy atom. The van der Waals surface area contributed by atoms with E-state index in [1.54, 1.807) is 24.3 Å². The molecule has 1 aliphatic carbocycles. The lowest BCUT2D eigenvalue weighted by Gasteiger charge is -2.11. The van der Waals surface area contributed by atoms with E-state index in [-0.39, 0.29) is 12.5 Å². The van der Waals surface area contributed by atoms with Crippen LogP contribution in [0.5, 0.6) is 5.75 Å². The molecule has 24 heavy (non-hydrogen) atoms. The summed E-state index contributed by atoms with van der Waals surface area (Å²) in [5.41, 5.74) is 3.38. The van der Waals surface area contributed by atoms with E-state index < -0.39 is 5.97 Å². The van der Waals surface area contributed by atoms with Crippen molar-refractivity contribution in [2.24, 2.45) is 0 Å². The first-order chi connectivity index (χ1) is 11.7. The number of fused-ring (bicyclic) bond motifs is 1. The molecule has 3 rings (SSSR count). The van der Waals surface area contributed by atoms with Crippen molar-refractivity contribution in [1.29, 1.82) is 0 Å². The summed E-state index contributed by atoms with van der Waals surface area (Å²) in [5.74, 6) is -0.135. The predicted molar refractivity (Wildman–Crippen MR) is 90.4 cm³/mol. The van der Waals surface area contributed by atoms with Crippen LogP contribution in [0.2, 0.25) is 0 Å². The largest absolute Gasteiger partial charge is 0.484 e. The number of hydrogen-bond acceptors (Lipinski definition) is 4. The number of amides is 1. The standard InChI is InChI=1S/C19H19NO4/c1-23-19(22)16-7-2-3-8-17(16)20-18(21)12-24-15-10-9-13-5-4-6-14(13)11-15/h2-3,7-11H,4-6,12H2,1H3,(H,20,21). The van der Waals surface area contributed by atoms with Crippen LogP contribution in [0, 0.1) is 0 Å². The van der Waals surface area contributed by atoms with E-state index in [1.807, 2.05) is 12.1 Å². The zero-order valence-electron chi connectivity index (χ0n) is 13.5. The molecule has 124 valence electrons. The highest BCUT2D eigenvalue weighted by molar-refractivity contribution is 6.01. The predicted octanol–water partition coefficient (Wildman–Crippen LogP) is 2.98. The van der Waals surface area contributed by atoms with E-state index in [0.717, 1.165) is 12.8 Å². The van der Waals surface area contributed by atoms with E-state index in [1.165, 1.54) is 24.7 Å². The van der Waals surface area contributed by atoms with Crippen molar-refractivity contribution >= 4 is 17.6 Å². The van der Waals surface area contributed by atoms with Gasteiger partial charge in [0.1, 0.15) is 5.75 Å². The van der Waals surface area contributed by atoms with Crippen LogP contribution < -0.4 is 10.1 Å². The van der Waals surface area contributed by atoms with Crippen molar-refractivity contribution in [1.82, 2.24) is 0 Å². The molecule has 2 aromatic rings. The summed E-state index contributed by atoms with van der Waals surface area (Å²) < 4.78 is 10.3. The summed E-state index contributed by atoms with van der Waals surface area (Å²) in [4.78, 5) is 23.8. The number of esters is 1. The Kier molecular flexibility index (Phi) is 4.79.